The molecule has 1 amide bonds. The van der Waals surface area contributed by atoms with Crippen LogP contribution in [-0.4, -0.2) is 42.5 Å². The fourth-order valence-electron chi connectivity index (χ4n) is 5.95. The highest BCUT2D eigenvalue weighted by Gasteiger charge is 2.67. The highest BCUT2D eigenvalue weighted by molar-refractivity contribution is 7.90. The summed E-state index contributed by atoms with van der Waals surface area (Å²) in [6.45, 7) is 3.48. The van der Waals surface area contributed by atoms with Gasteiger partial charge in [0.05, 0.1) is 16.9 Å². The van der Waals surface area contributed by atoms with E-state index in [1.54, 1.807) is 37.2 Å². The van der Waals surface area contributed by atoms with Gasteiger partial charge in [-0.25, -0.2) is 17.2 Å². The van der Waals surface area contributed by atoms with Crippen molar-refractivity contribution in [3.8, 4) is 0 Å². The van der Waals surface area contributed by atoms with E-state index in [0.29, 0.717) is 17.4 Å². The van der Waals surface area contributed by atoms with Crippen molar-refractivity contribution in [2.75, 3.05) is 18.6 Å². The third kappa shape index (κ3) is 3.37. The van der Waals surface area contributed by atoms with E-state index in [2.05, 4.69) is 0 Å². The number of esters is 1. The average molecular weight is 546 g/mol. The molecule has 1 spiro atoms. The Balaban J connectivity index is 1.63. The van der Waals surface area contributed by atoms with Crippen molar-refractivity contribution >= 4 is 38.5 Å². The van der Waals surface area contributed by atoms with Crippen LogP contribution in [0.15, 0.2) is 70.5 Å². The molecule has 39 heavy (non-hydrogen) atoms. The molecule has 1 aliphatic heterocycles. The van der Waals surface area contributed by atoms with Crippen LogP contribution < -0.4 is 10.5 Å². The first-order valence-electron chi connectivity index (χ1n) is 12.7. The number of likely N-dealkylation sites (N-methyl/N-ethyl adjacent to an activating group) is 1. The number of ether oxygens (including phenoxy) is 1. The van der Waals surface area contributed by atoms with Gasteiger partial charge in [-0.05, 0) is 55.7 Å². The van der Waals surface area contributed by atoms with Crippen LogP contribution in [-0.2, 0) is 32.0 Å². The number of pyridine rings is 1. The number of carbonyl (C=O) groups excluding carboxylic acids is 2. The summed E-state index contributed by atoms with van der Waals surface area (Å²) in [5.41, 5.74) is 1.44. The molecule has 1 fully saturated rings. The third-order valence-corrected chi connectivity index (χ3v) is 9.66. The molecule has 0 unspecified atom stereocenters. The molecule has 0 saturated heterocycles. The van der Waals surface area contributed by atoms with E-state index in [0.717, 1.165) is 20.8 Å². The number of hydrogen-bond donors (Lipinski definition) is 0. The molecule has 4 aromatic rings. The molecule has 1 aliphatic carbocycles. The molecular weight excluding hydrogens is 518 g/mol. The first kappa shape index (κ1) is 25.1. The molecule has 0 bridgehead atoms. The van der Waals surface area contributed by atoms with Crippen LogP contribution in [0.4, 0.5) is 5.69 Å². The van der Waals surface area contributed by atoms with Crippen LogP contribution in [0.3, 0.4) is 0 Å². The van der Waals surface area contributed by atoms with Gasteiger partial charge >= 0.3 is 5.97 Å². The lowest BCUT2D eigenvalue weighted by Crippen LogP contribution is -2.29. The maximum atomic E-state index is 14.0. The Labute approximate surface area is 225 Å². The topological polar surface area (TPSA) is 108 Å². The van der Waals surface area contributed by atoms with E-state index in [4.69, 9.17) is 4.74 Å². The van der Waals surface area contributed by atoms with E-state index < -0.39 is 27.0 Å². The number of rotatable bonds is 5. The number of nitrogens with zero attached hydrogens (tertiary/aromatic N) is 3. The van der Waals surface area contributed by atoms with Crippen molar-refractivity contribution in [3.05, 3.63) is 93.5 Å². The average Bonchev–Trinajstić information content (AvgIpc) is 3.46. The summed E-state index contributed by atoms with van der Waals surface area (Å²) in [5.74, 6) is -1.21. The quantitative estimate of drug-likeness (QED) is 0.356. The monoisotopic (exact) mass is 545 g/mol. The lowest BCUT2D eigenvalue weighted by molar-refractivity contribution is -0.120. The Morgan fingerprint density at radius 2 is 1.77 bits per heavy atom. The molecule has 10 heteroatoms. The van der Waals surface area contributed by atoms with E-state index in [1.807, 2.05) is 31.2 Å². The maximum absolute atomic E-state index is 14.0. The summed E-state index contributed by atoms with van der Waals surface area (Å²) in [6, 6.07) is 15.2. The third-order valence-electron chi connectivity index (χ3n) is 7.94. The zero-order valence-corrected chi connectivity index (χ0v) is 22.8. The fraction of sp³-hybridized carbons (Fsp3) is 0.276. The summed E-state index contributed by atoms with van der Waals surface area (Å²) in [6.07, 6.45) is 2.15. The Morgan fingerprint density at radius 3 is 2.46 bits per heavy atom. The number of para-hydroxylation sites is 1. The zero-order chi connectivity index (χ0) is 27.9. The van der Waals surface area contributed by atoms with E-state index in [9.17, 15) is 22.8 Å². The highest BCUT2D eigenvalue weighted by atomic mass is 32.2. The molecular formula is C29H27N3O6S. The second kappa shape index (κ2) is 8.41. The summed E-state index contributed by atoms with van der Waals surface area (Å²) in [5, 5.41) is 0.318. The predicted molar refractivity (Wildman–Crippen MR) is 146 cm³/mol. The first-order chi connectivity index (χ1) is 18.5. The lowest BCUT2D eigenvalue weighted by Gasteiger charge is -2.14. The standard InChI is InChI=1S/C29H27N3O6S/c1-5-38-27(34)24-14-19-20(22-15-29(22)21-8-6-7-9-23(21)31(4)28(29)35)16-30(3)26(33)25(19)32(24)39(36,37)18-12-10-17(2)11-13-18/h6-14,16,22H,5,15H2,1-4H3/t22-,29-/m0/s1. The predicted octanol–water partition coefficient (Wildman–Crippen LogP) is 3.46. The van der Waals surface area contributed by atoms with E-state index in [1.165, 1.54) is 29.8 Å². The van der Waals surface area contributed by atoms with Crippen LogP contribution in [0.5, 0.6) is 0 Å². The van der Waals surface area contributed by atoms with Gasteiger partial charge in [0, 0.05) is 37.3 Å². The molecule has 2 aliphatic rings. The smallest absolute Gasteiger partial charge is 0.356 e. The van der Waals surface area contributed by atoms with Crippen molar-refractivity contribution in [2.24, 2.45) is 7.05 Å². The number of benzene rings is 2. The number of aryl methyl sites for hydroxylation is 2. The van der Waals surface area contributed by atoms with Gasteiger partial charge in [0.2, 0.25) is 5.91 Å². The number of amides is 1. The van der Waals surface area contributed by atoms with Gasteiger partial charge in [0.1, 0.15) is 11.2 Å². The van der Waals surface area contributed by atoms with E-state index >= 15 is 0 Å². The zero-order valence-electron chi connectivity index (χ0n) is 22.0. The largest absolute Gasteiger partial charge is 0.461 e. The number of hydrogen-bond acceptors (Lipinski definition) is 6. The minimum atomic E-state index is -4.36. The van der Waals surface area contributed by atoms with Crippen LogP contribution in [0.1, 0.15) is 46.4 Å². The number of fused-ring (bicyclic) bond motifs is 3. The fourth-order valence-corrected chi connectivity index (χ4v) is 7.44. The van der Waals surface area contributed by atoms with Gasteiger partial charge in [0.25, 0.3) is 15.6 Å². The van der Waals surface area contributed by atoms with Crippen LogP contribution in [0.2, 0.25) is 0 Å². The molecule has 3 heterocycles. The highest BCUT2D eigenvalue weighted by Crippen LogP contribution is 2.66. The van der Waals surface area contributed by atoms with Crippen LogP contribution in [0.25, 0.3) is 10.9 Å². The Morgan fingerprint density at radius 1 is 1.08 bits per heavy atom. The van der Waals surface area contributed by atoms with Gasteiger partial charge in [0.15, 0.2) is 0 Å². The molecule has 200 valence electrons. The SMILES string of the molecule is CCOC(=O)c1cc2c([C@@H]3C[C@@]34C(=O)N(C)c3ccccc34)cn(C)c(=O)c2n1S(=O)(=O)c1ccc(C)cc1. The van der Waals surface area contributed by atoms with Crippen molar-refractivity contribution < 1.29 is 22.7 Å². The minimum absolute atomic E-state index is 0.0269. The van der Waals surface area contributed by atoms with Gasteiger partial charge in [-0.15, -0.1) is 0 Å². The summed E-state index contributed by atoms with van der Waals surface area (Å²) in [4.78, 5) is 41.8. The van der Waals surface area contributed by atoms with Crippen molar-refractivity contribution in [1.82, 2.24) is 8.54 Å². The van der Waals surface area contributed by atoms with Gasteiger partial charge < -0.3 is 14.2 Å². The summed E-state index contributed by atoms with van der Waals surface area (Å²) in [7, 11) is -1.08. The minimum Gasteiger partial charge on any atom is -0.461 e. The first-order valence-corrected chi connectivity index (χ1v) is 14.1. The molecule has 0 radical (unpaired) electrons. The number of carbonyl (C=O) groups is 2. The molecule has 9 nitrogen and oxygen atoms in total. The van der Waals surface area contributed by atoms with Crippen molar-refractivity contribution in [2.45, 2.75) is 36.5 Å². The second-order valence-corrected chi connectivity index (χ2v) is 12.0. The molecule has 2 atom stereocenters. The Hall–Kier alpha value is -4.18. The van der Waals surface area contributed by atoms with Crippen LogP contribution >= 0.6 is 0 Å². The molecule has 0 N–H and O–H groups in total. The normalized spacial score (nSPS) is 20.1. The second-order valence-electron chi connectivity index (χ2n) is 10.2. The summed E-state index contributed by atoms with van der Waals surface area (Å²) >= 11 is 0. The van der Waals surface area contributed by atoms with Gasteiger partial charge in [-0.1, -0.05) is 35.9 Å². The molecule has 6 rings (SSSR count). The van der Waals surface area contributed by atoms with Crippen LogP contribution in [0, 0.1) is 6.92 Å². The molecule has 2 aromatic carbocycles. The number of aromatic nitrogens is 2. The van der Waals surface area contributed by atoms with Gasteiger partial charge in [-0.2, -0.15) is 0 Å². The van der Waals surface area contributed by atoms with Gasteiger partial charge in [-0.3, -0.25) is 9.59 Å². The number of anilines is 1. The Kier molecular flexibility index (Phi) is 5.42. The Bertz CT molecular complexity index is 1870. The lowest BCUT2D eigenvalue weighted by atomic mass is 9.91. The van der Waals surface area contributed by atoms with Crippen molar-refractivity contribution in [1.29, 1.82) is 0 Å². The van der Waals surface area contributed by atoms with Crippen molar-refractivity contribution in [3.63, 3.8) is 0 Å². The molecule has 2 aromatic heterocycles. The molecule has 1 saturated carbocycles. The summed E-state index contributed by atoms with van der Waals surface area (Å²) < 4.78 is 35.3. The maximum Gasteiger partial charge on any atom is 0.356 e. The van der Waals surface area contributed by atoms with E-state index in [-0.39, 0.29) is 34.5 Å².